The van der Waals surface area contributed by atoms with E-state index in [4.69, 9.17) is 0 Å². The van der Waals surface area contributed by atoms with E-state index in [1.54, 1.807) is 11.8 Å². The molecule has 4 rings (SSSR count). The molecule has 6 heteroatoms. The summed E-state index contributed by atoms with van der Waals surface area (Å²) in [6.07, 6.45) is 5.19. The van der Waals surface area contributed by atoms with Crippen molar-refractivity contribution in [3.05, 3.63) is 34.9 Å². The molecule has 0 spiro atoms. The topological polar surface area (TPSA) is 69.7 Å². The van der Waals surface area contributed by atoms with Crippen LogP contribution >= 0.6 is 0 Å². The van der Waals surface area contributed by atoms with Crippen LogP contribution in [0.3, 0.4) is 0 Å². The van der Waals surface area contributed by atoms with Crippen molar-refractivity contribution in [2.24, 2.45) is 0 Å². The zero-order chi connectivity index (χ0) is 17.6. The van der Waals surface area contributed by atoms with Gasteiger partial charge in [-0.05, 0) is 55.7 Å². The van der Waals surface area contributed by atoms with Gasteiger partial charge in [0.15, 0.2) is 0 Å². The second kappa shape index (κ2) is 5.86. The van der Waals surface area contributed by atoms with Gasteiger partial charge in [0.1, 0.15) is 12.1 Å². The van der Waals surface area contributed by atoms with E-state index in [1.807, 2.05) is 12.1 Å². The molecule has 1 aromatic rings. The second-order valence-corrected chi connectivity index (χ2v) is 7.37. The Hall–Kier alpha value is -2.37. The molecule has 1 aromatic carbocycles. The number of amides is 4. The van der Waals surface area contributed by atoms with E-state index >= 15 is 0 Å². The van der Waals surface area contributed by atoms with Crippen molar-refractivity contribution in [1.29, 1.82) is 0 Å². The van der Waals surface area contributed by atoms with E-state index in [2.05, 4.69) is 11.4 Å². The molecule has 0 unspecified atom stereocenters. The van der Waals surface area contributed by atoms with Crippen LogP contribution < -0.4 is 5.32 Å². The quantitative estimate of drug-likeness (QED) is 0.849. The Bertz CT molecular complexity index is 754. The van der Waals surface area contributed by atoms with Gasteiger partial charge in [0, 0.05) is 13.1 Å². The summed E-state index contributed by atoms with van der Waals surface area (Å²) in [5.74, 6) is -0.498. The minimum absolute atomic E-state index is 0.154. The molecule has 0 aromatic heterocycles. The molecule has 1 aliphatic carbocycles. The predicted octanol–water partition coefficient (Wildman–Crippen LogP) is 1.56. The first-order chi connectivity index (χ1) is 12.0. The summed E-state index contributed by atoms with van der Waals surface area (Å²) in [5, 5.41) is 2.80. The fourth-order valence-corrected chi connectivity index (χ4v) is 4.12. The predicted molar refractivity (Wildman–Crippen MR) is 91.9 cm³/mol. The van der Waals surface area contributed by atoms with Gasteiger partial charge in [0.2, 0.25) is 5.91 Å². The Morgan fingerprint density at radius 3 is 2.60 bits per heavy atom. The first-order valence-corrected chi connectivity index (χ1v) is 9.03. The number of nitrogens with one attached hydrogen (secondary N) is 1. The molecule has 2 aliphatic heterocycles. The number of aryl methyl sites for hydroxylation is 2. The monoisotopic (exact) mass is 341 g/mol. The highest BCUT2D eigenvalue weighted by Crippen LogP contribution is 2.32. The fraction of sp³-hybridized carbons (Fsp3) is 0.526. The number of carbonyl (C=O) groups excluding carboxylic acids is 3. The lowest BCUT2D eigenvalue weighted by molar-refractivity contribution is -0.138. The molecule has 132 valence electrons. The van der Waals surface area contributed by atoms with Crippen LogP contribution in [0.15, 0.2) is 18.2 Å². The van der Waals surface area contributed by atoms with E-state index in [1.165, 1.54) is 11.1 Å². The van der Waals surface area contributed by atoms with Gasteiger partial charge in [0.05, 0.1) is 0 Å². The normalized spacial score (nSPS) is 25.5. The molecule has 3 aliphatic rings. The molecule has 2 fully saturated rings. The van der Waals surface area contributed by atoms with Crippen molar-refractivity contribution in [1.82, 2.24) is 15.1 Å². The number of fused-ring (bicyclic) bond motifs is 1. The van der Waals surface area contributed by atoms with Gasteiger partial charge in [0.25, 0.3) is 5.91 Å². The van der Waals surface area contributed by atoms with Crippen LogP contribution in [0.1, 0.15) is 42.9 Å². The summed E-state index contributed by atoms with van der Waals surface area (Å²) in [4.78, 5) is 40.5. The van der Waals surface area contributed by atoms with Crippen molar-refractivity contribution in [3.8, 4) is 0 Å². The molecular weight excluding hydrogens is 318 g/mol. The minimum atomic E-state index is -1.10. The van der Waals surface area contributed by atoms with Crippen molar-refractivity contribution in [2.75, 3.05) is 19.6 Å². The average Bonchev–Trinajstić information content (AvgIpc) is 3.31. The van der Waals surface area contributed by atoms with Crippen LogP contribution in [0.2, 0.25) is 0 Å². The maximum absolute atomic E-state index is 13.0. The number of likely N-dealkylation sites (tertiary alicyclic amines) is 1. The highest BCUT2D eigenvalue weighted by Gasteiger charge is 2.50. The third kappa shape index (κ3) is 2.60. The zero-order valence-corrected chi connectivity index (χ0v) is 14.5. The van der Waals surface area contributed by atoms with Gasteiger partial charge in [-0.1, -0.05) is 18.2 Å². The smallest absolute Gasteiger partial charge is 0.325 e. The van der Waals surface area contributed by atoms with Crippen molar-refractivity contribution < 1.29 is 14.4 Å². The number of rotatable bonds is 3. The molecule has 0 bridgehead atoms. The molecule has 1 N–H and O–H groups in total. The van der Waals surface area contributed by atoms with Gasteiger partial charge >= 0.3 is 6.03 Å². The summed E-state index contributed by atoms with van der Waals surface area (Å²) < 4.78 is 0. The van der Waals surface area contributed by atoms with Gasteiger partial charge in [-0.2, -0.15) is 0 Å². The lowest BCUT2D eigenvalue weighted by Gasteiger charge is -2.23. The SMILES string of the molecule is C[C@]1(c2ccc3c(c2)CCC3)NC(=O)N(CC(=O)N2CCCC2)C1=O. The van der Waals surface area contributed by atoms with Crippen LogP contribution in [0, 0.1) is 0 Å². The first-order valence-electron chi connectivity index (χ1n) is 9.03. The maximum Gasteiger partial charge on any atom is 0.325 e. The lowest BCUT2D eigenvalue weighted by Crippen LogP contribution is -2.44. The number of imide groups is 1. The Kier molecular flexibility index (Phi) is 3.78. The summed E-state index contributed by atoms with van der Waals surface area (Å²) in [6.45, 7) is 2.98. The van der Waals surface area contributed by atoms with E-state index in [0.29, 0.717) is 13.1 Å². The van der Waals surface area contributed by atoms with Crippen LogP contribution in [0.25, 0.3) is 0 Å². The number of hydrogen-bond acceptors (Lipinski definition) is 3. The fourth-order valence-electron chi connectivity index (χ4n) is 4.12. The maximum atomic E-state index is 13.0. The zero-order valence-electron chi connectivity index (χ0n) is 14.5. The number of urea groups is 1. The number of carbonyl (C=O) groups is 3. The third-order valence-corrected chi connectivity index (χ3v) is 5.70. The standard InChI is InChI=1S/C19H23N3O3/c1-19(15-8-7-13-5-4-6-14(13)11-15)17(24)22(18(25)20-19)12-16(23)21-9-2-3-10-21/h7-8,11H,2-6,9-10,12H2,1H3,(H,20,25)/t19-/m1/s1. The first kappa shape index (κ1) is 16.1. The number of nitrogens with zero attached hydrogens (tertiary/aromatic N) is 2. The Balaban J connectivity index is 1.56. The van der Waals surface area contributed by atoms with Crippen molar-refractivity contribution >= 4 is 17.8 Å². The Labute approximate surface area is 147 Å². The highest BCUT2D eigenvalue weighted by molar-refractivity contribution is 6.09. The van der Waals surface area contributed by atoms with Crippen molar-refractivity contribution in [3.63, 3.8) is 0 Å². The van der Waals surface area contributed by atoms with E-state index in [-0.39, 0.29) is 18.4 Å². The molecular formula is C19H23N3O3. The van der Waals surface area contributed by atoms with Gasteiger partial charge in [-0.25, -0.2) is 4.79 Å². The van der Waals surface area contributed by atoms with Crippen molar-refractivity contribution in [2.45, 2.75) is 44.6 Å². The van der Waals surface area contributed by atoms with Crippen LogP contribution in [0.5, 0.6) is 0 Å². The van der Waals surface area contributed by atoms with Crippen LogP contribution in [-0.4, -0.2) is 47.3 Å². The molecule has 0 saturated carbocycles. The summed E-state index contributed by atoms with van der Waals surface area (Å²) in [6, 6.07) is 5.53. The third-order valence-electron chi connectivity index (χ3n) is 5.70. The largest absolute Gasteiger partial charge is 0.341 e. The summed E-state index contributed by atoms with van der Waals surface area (Å²) in [7, 11) is 0. The Morgan fingerprint density at radius 1 is 1.12 bits per heavy atom. The van der Waals surface area contributed by atoms with Gasteiger partial charge in [-0.3, -0.25) is 14.5 Å². The molecule has 25 heavy (non-hydrogen) atoms. The lowest BCUT2D eigenvalue weighted by atomic mass is 9.89. The van der Waals surface area contributed by atoms with E-state index in [0.717, 1.165) is 42.6 Å². The second-order valence-electron chi connectivity index (χ2n) is 7.37. The molecule has 6 nitrogen and oxygen atoms in total. The van der Waals surface area contributed by atoms with E-state index < -0.39 is 11.6 Å². The average molecular weight is 341 g/mol. The van der Waals surface area contributed by atoms with Gasteiger partial charge in [-0.15, -0.1) is 0 Å². The molecule has 4 amide bonds. The molecule has 0 radical (unpaired) electrons. The van der Waals surface area contributed by atoms with Crippen LogP contribution in [-0.2, 0) is 28.0 Å². The molecule has 2 saturated heterocycles. The molecule has 1 atom stereocenters. The minimum Gasteiger partial charge on any atom is -0.341 e. The summed E-state index contributed by atoms with van der Waals surface area (Å²) >= 11 is 0. The number of benzene rings is 1. The van der Waals surface area contributed by atoms with Crippen LogP contribution in [0.4, 0.5) is 4.79 Å². The van der Waals surface area contributed by atoms with E-state index in [9.17, 15) is 14.4 Å². The van der Waals surface area contributed by atoms with Gasteiger partial charge < -0.3 is 10.2 Å². The highest BCUT2D eigenvalue weighted by atomic mass is 16.2. The molecule has 2 heterocycles. The summed E-state index contributed by atoms with van der Waals surface area (Å²) in [5.41, 5.74) is 2.28. The number of hydrogen-bond donors (Lipinski definition) is 1. The Morgan fingerprint density at radius 2 is 1.84 bits per heavy atom.